The average molecular weight is 186 g/mol. The van der Waals surface area contributed by atoms with Crippen LogP contribution in [0, 0.1) is 0 Å². The van der Waals surface area contributed by atoms with E-state index in [-0.39, 0.29) is 24.6 Å². The number of aliphatic hydroxyl groups is 1. The van der Waals surface area contributed by atoms with Crippen molar-refractivity contribution in [2.75, 3.05) is 0 Å². The van der Waals surface area contributed by atoms with Crippen LogP contribution in [0.2, 0.25) is 0 Å². The van der Waals surface area contributed by atoms with Crippen molar-refractivity contribution in [2.24, 2.45) is 0 Å². The highest BCUT2D eigenvalue weighted by Crippen LogP contribution is 2.10. The first-order valence-electron chi connectivity index (χ1n) is 4.07. The maximum absolute atomic E-state index is 8.65. The van der Waals surface area contributed by atoms with Crippen LogP contribution in [0.1, 0.15) is 32.5 Å². The number of aromatic nitrogens is 2. The van der Waals surface area contributed by atoms with E-state index >= 15 is 0 Å². The molecule has 0 unspecified atom stereocenters. The van der Waals surface area contributed by atoms with Gasteiger partial charge >= 0.3 is 0 Å². The number of rotatable bonds is 3. The van der Waals surface area contributed by atoms with E-state index in [4.69, 9.17) is 14.4 Å². The second kappa shape index (κ2) is 3.85. The zero-order valence-corrected chi connectivity index (χ0v) is 8.07. The number of nitrogens with zero attached hydrogens (tertiary/aromatic N) is 2. The lowest BCUT2D eigenvalue weighted by Gasteiger charge is -2.17. The van der Waals surface area contributed by atoms with E-state index in [1.54, 1.807) is 0 Å². The van der Waals surface area contributed by atoms with Gasteiger partial charge in [-0.1, -0.05) is 5.16 Å². The Labute approximate surface area is 76.7 Å². The lowest BCUT2D eigenvalue weighted by molar-refractivity contribution is -0.0260. The van der Waals surface area contributed by atoms with Gasteiger partial charge < -0.3 is 14.4 Å². The Morgan fingerprint density at radius 1 is 1.46 bits per heavy atom. The summed E-state index contributed by atoms with van der Waals surface area (Å²) in [6.45, 7) is 5.89. The van der Waals surface area contributed by atoms with Crippen LogP contribution >= 0.6 is 0 Å². The molecule has 5 heteroatoms. The molecule has 0 aliphatic rings. The molecule has 0 amide bonds. The van der Waals surface area contributed by atoms with Crippen molar-refractivity contribution in [3.8, 4) is 0 Å². The summed E-state index contributed by atoms with van der Waals surface area (Å²) < 4.78 is 10.2. The number of hydrogen-bond donors (Lipinski definition) is 1. The van der Waals surface area contributed by atoms with Crippen molar-refractivity contribution in [2.45, 2.75) is 39.6 Å². The Bertz CT molecular complexity index is 265. The molecular formula is C8H14N2O3. The Morgan fingerprint density at radius 2 is 2.15 bits per heavy atom. The second-order valence-corrected chi connectivity index (χ2v) is 3.66. The van der Waals surface area contributed by atoms with Crippen molar-refractivity contribution >= 4 is 0 Å². The van der Waals surface area contributed by atoms with Gasteiger partial charge in [0, 0.05) is 0 Å². The first kappa shape index (κ1) is 10.1. The van der Waals surface area contributed by atoms with Crippen molar-refractivity contribution < 1.29 is 14.4 Å². The molecule has 0 radical (unpaired) electrons. The molecule has 0 saturated heterocycles. The highest BCUT2D eigenvalue weighted by atomic mass is 16.5. The largest absolute Gasteiger partial charge is 0.388 e. The topological polar surface area (TPSA) is 68.4 Å². The molecule has 1 heterocycles. The summed E-state index contributed by atoms with van der Waals surface area (Å²) in [5, 5.41) is 12.2. The first-order valence-corrected chi connectivity index (χ1v) is 4.07. The third-order valence-corrected chi connectivity index (χ3v) is 1.28. The van der Waals surface area contributed by atoms with Gasteiger partial charge in [0.05, 0.1) is 5.60 Å². The van der Waals surface area contributed by atoms with Gasteiger partial charge in [0.2, 0.25) is 0 Å². The summed E-state index contributed by atoms with van der Waals surface area (Å²) >= 11 is 0. The summed E-state index contributed by atoms with van der Waals surface area (Å²) in [7, 11) is 0. The zero-order chi connectivity index (χ0) is 9.90. The molecule has 74 valence electrons. The van der Waals surface area contributed by atoms with Gasteiger partial charge in [-0.3, -0.25) is 0 Å². The molecular weight excluding hydrogens is 172 g/mol. The lowest BCUT2D eigenvalue weighted by atomic mass is 10.2. The molecule has 1 rings (SSSR count). The van der Waals surface area contributed by atoms with Crippen molar-refractivity contribution in [3.05, 3.63) is 11.7 Å². The first-order chi connectivity index (χ1) is 6.01. The number of ether oxygens (including phenoxy) is 1. The maximum Gasteiger partial charge on any atom is 0.252 e. The van der Waals surface area contributed by atoms with E-state index in [0.717, 1.165) is 0 Å². The van der Waals surface area contributed by atoms with Crippen LogP contribution in [0.5, 0.6) is 0 Å². The van der Waals surface area contributed by atoms with Crippen LogP contribution in [-0.4, -0.2) is 20.8 Å². The monoisotopic (exact) mass is 186 g/mol. The smallest absolute Gasteiger partial charge is 0.252 e. The van der Waals surface area contributed by atoms with Gasteiger partial charge in [-0.2, -0.15) is 4.98 Å². The number of hydrogen-bond acceptors (Lipinski definition) is 5. The summed E-state index contributed by atoms with van der Waals surface area (Å²) in [6.07, 6.45) is 0. The van der Waals surface area contributed by atoms with Crippen LogP contribution in [0.15, 0.2) is 4.52 Å². The molecule has 0 aliphatic heterocycles. The van der Waals surface area contributed by atoms with Crippen molar-refractivity contribution in [3.63, 3.8) is 0 Å². The minimum atomic E-state index is -0.228. The van der Waals surface area contributed by atoms with Gasteiger partial charge in [-0.15, -0.1) is 0 Å². The molecule has 13 heavy (non-hydrogen) atoms. The van der Waals surface area contributed by atoms with E-state index in [0.29, 0.717) is 5.89 Å². The Balaban J connectivity index is 2.46. The molecule has 1 aromatic rings. The second-order valence-electron chi connectivity index (χ2n) is 3.66. The van der Waals surface area contributed by atoms with Gasteiger partial charge in [0.15, 0.2) is 5.82 Å². The molecule has 1 N–H and O–H groups in total. The summed E-state index contributed by atoms with van der Waals surface area (Å²) in [5.41, 5.74) is -0.228. The lowest BCUT2D eigenvalue weighted by Crippen LogP contribution is -2.18. The maximum atomic E-state index is 8.65. The van der Waals surface area contributed by atoms with E-state index in [1.807, 2.05) is 20.8 Å². The van der Waals surface area contributed by atoms with Crippen molar-refractivity contribution in [1.82, 2.24) is 10.1 Å². The minimum Gasteiger partial charge on any atom is -0.388 e. The van der Waals surface area contributed by atoms with Crippen LogP contribution in [-0.2, 0) is 18.0 Å². The molecule has 0 aliphatic carbocycles. The highest BCUT2D eigenvalue weighted by molar-refractivity contribution is 4.82. The standard InChI is InChI=1S/C8H14N2O3/c1-8(2,3)12-5-7-9-6(4-11)10-13-7/h11H,4-5H2,1-3H3. The molecule has 0 fully saturated rings. The van der Waals surface area contributed by atoms with Gasteiger partial charge in [0.25, 0.3) is 5.89 Å². The Kier molecular flexibility index (Phi) is 3.00. The van der Waals surface area contributed by atoms with Crippen LogP contribution in [0.4, 0.5) is 0 Å². The molecule has 0 aromatic carbocycles. The molecule has 0 spiro atoms. The molecule has 0 atom stereocenters. The van der Waals surface area contributed by atoms with Gasteiger partial charge in [-0.05, 0) is 20.8 Å². The van der Waals surface area contributed by atoms with Crippen molar-refractivity contribution in [1.29, 1.82) is 0 Å². The fourth-order valence-electron chi connectivity index (χ4n) is 0.691. The van der Waals surface area contributed by atoms with E-state index in [1.165, 1.54) is 0 Å². The SMILES string of the molecule is CC(C)(C)OCc1nc(CO)no1. The molecule has 1 aromatic heterocycles. The predicted octanol–water partition coefficient (Wildman–Crippen LogP) is 0.877. The Morgan fingerprint density at radius 3 is 2.62 bits per heavy atom. The molecule has 0 saturated carbocycles. The Hall–Kier alpha value is -0.940. The van der Waals surface area contributed by atoms with Gasteiger partial charge in [0.1, 0.15) is 13.2 Å². The molecule has 0 bridgehead atoms. The number of aliphatic hydroxyl groups excluding tert-OH is 1. The summed E-state index contributed by atoms with van der Waals surface area (Å²) in [6, 6.07) is 0. The third-order valence-electron chi connectivity index (χ3n) is 1.28. The average Bonchev–Trinajstić information content (AvgIpc) is 2.47. The van der Waals surface area contributed by atoms with Crippen LogP contribution < -0.4 is 0 Å². The zero-order valence-electron chi connectivity index (χ0n) is 8.07. The van der Waals surface area contributed by atoms with E-state index < -0.39 is 0 Å². The third kappa shape index (κ3) is 3.52. The normalized spacial score (nSPS) is 12.0. The minimum absolute atomic E-state index is 0.209. The quantitative estimate of drug-likeness (QED) is 0.758. The molecule has 5 nitrogen and oxygen atoms in total. The fraction of sp³-hybridized carbons (Fsp3) is 0.750. The van der Waals surface area contributed by atoms with E-state index in [2.05, 4.69) is 10.1 Å². The fourth-order valence-corrected chi connectivity index (χ4v) is 0.691. The summed E-state index contributed by atoms with van der Waals surface area (Å²) in [4.78, 5) is 3.88. The van der Waals surface area contributed by atoms with Gasteiger partial charge in [-0.25, -0.2) is 0 Å². The summed E-state index contributed by atoms with van der Waals surface area (Å²) in [5.74, 6) is 0.673. The van der Waals surface area contributed by atoms with Crippen LogP contribution in [0.25, 0.3) is 0 Å². The highest BCUT2D eigenvalue weighted by Gasteiger charge is 2.13. The van der Waals surface area contributed by atoms with E-state index in [9.17, 15) is 0 Å². The predicted molar refractivity (Wildman–Crippen MR) is 44.8 cm³/mol. The van der Waals surface area contributed by atoms with Crippen LogP contribution in [0.3, 0.4) is 0 Å².